The van der Waals surface area contributed by atoms with Gasteiger partial charge in [0, 0.05) is 11.6 Å². The Morgan fingerprint density at radius 3 is 2.54 bits per heavy atom. The fraction of sp³-hybridized carbons (Fsp3) is 0.148. The molecule has 1 aliphatic rings. The number of nitrogens with zero attached hydrogens (tertiary/aromatic N) is 1. The van der Waals surface area contributed by atoms with E-state index in [0.717, 1.165) is 32.1 Å². The lowest BCUT2D eigenvalue weighted by Crippen LogP contribution is -2.14. The van der Waals surface area contributed by atoms with Gasteiger partial charge in [0.15, 0.2) is 17.3 Å². The van der Waals surface area contributed by atoms with Gasteiger partial charge in [0.2, 0.25) is 12.7 Å². The number of amides is 1. The van der Waals surface area contributed by atoms with Gasteiger partial charge in [-0.3, -0.25) is 9.59 Å². The Bertz CT molecular complexity index is 1420. The molecule has 35 heavy (non-hydrogen) atoms. The lowest BCUT2D eigenvalue weighted by molar-refractivity contribution is -0.115. The molecule has 176 valence electrons. The molecule has 2 heterocycles. The summed E-state index contributed by atoms with van der Waals surface area (Å²) in [4.78, 5) is 30.2. The number of anilines is 1. The first kappa shape index (κ1) is 22.6. The summed E-state index contributed by atoms with van der Waals surface area (Å²) in [6.45, 7) is 1.53. The number of carbonyl (C=O) groups excluding carboxylic acids is 2. The van der Waals surface area contributed by atoms with Gasteiger partial charge in [-0.2, -0.15) is 0 Å². The van der Waals surface area contributed by atoms with E-state index < -0.39 is 0 Å². The molecule has 0 aliphatic carbocycles. The average Bonchev–Trinajstić information content (AvgIpc) is 3.50. The molecule has 0 unspecified atom stereocenters. The van der Waals surface area contributed by atoms with Crippen LogP contribution in [0.5, 0.6) is 17.2 Å². The summed E-state index contributed by atoms with van der Waals surface area (Å²) in [5, 5.41) is 3.64. The molecule has 0 saturated heterocycles. The molecule has 7 nitrogen and oxygen atoms in total. The number of methoxy groups -OCH3 is 1. The summed E-state index contributed by atoms with van der Waals surface area (Å²) in [6, 6.07) is 18.7. The molecule has 5 rings (SSSR count). The second-order valence-corrected chi connectivity index (χ2v) is 8.99. The number of para-hydroxylation sites is 1. The Kier molecular flexibility index (Phi) is 6.20. The predicted molar refractivity (Wildman–Crippen MR) is 136 cm³/mol. The van der Waals surface area contributed by atoms with Crippen LogP contribution in [0, 0.1) is 0 Å². The van der Waals surface area contributed by atoms with E-state index in [1.165, 1.54) is 18.3 Å². The van der Waals surface area contributed by atoms with E-state index in [4.69, 9.17) is 19.2 Å². The van der Waals surface area contributed by atoms with Crippen LogP contribution in [0.4, 0.5) is 5.69 Å². The van der Waals surface area contributed by atoms with Crippen molar-refractivity contribution in [3.63, 3.8) is 0 Å². The van der Waals surface area contributed by atoms with Crippen LogP contribution in [0.3, 0.4) is 0 Å². The molecular formula is C27H22N2O5S. The van der Waals surface area contributed by atoms with Gasteiger partial charge in [-0.15, -0.1) is 11.3 Å². The molecule has 0 radical (unpaired) electrons. The van der Waals surface area contributed by atoms with Crippen LogP contribution in [0.1, 0.15) is 34.3 Å². The highest BCUT2D eigenvalue weighted by molar-refractivity contribution is 7.19. The minimum absolute atomic E-state index is 0.0671. The number of rotatable bonds is 7. The highest BCUT2D eigenvalue weighted by Crippen LogP contribution is 2.38. The lowest BCUT2D eigenvalue weighted by Gasteiger charge is -2.11. The molecule has 0 fully saturated rings. The molecule has 1 N–H and O–H groups in total. The zero-order valence-corrected chi connectivity index (χ0v) is 20.0. The third kappa shape index (κ3) is 4.88. The topological polar surface area (TPSA) is 86.8 Å². The maximum atomic E-state index is 13.2. The first-order valence-electron chi connectivity index (χ1n) is 10.9. The van der Waals surface area contributed by atoms with Crippen LogP contribution >= 0.6 is 11.3 Å². The molecule has 1 aromatic heterocycles. The maximum Gasteiger partial charge on any atom is 0.231 e. The lowest BCUT2D eigenvalue weighted by atomic mass is 10.1. The monoisotopic (exact) mass is 486 g/mol. The number of Topliss-reactive ketones (excluding diaryl/α,β-unsaturated/α-hetero) is 1. The Labute approximate surface area is 206 Å². The van der Waals surface area contributed by atoms with Gasteiger partial charge in [-0.05, 0) is 54.5 Å². The number of ether oxygens (including phenoxy) is 3. The van der Waals surface area contributed by atoms with Gasteiger partial charge < -0.3 is 19.5 Å². The van der Waals surface area contributed by atoms with E-state index >= 15 is 0 Å². The highest BCUT2D eigenvalue weighted by Gasteiger charge is 2.21. The molecule has 8 heteroatoms. The standard InChI is InChI=1S/C27H22N2O5S/c1-16(30)20-13-23-24(34-15-33-23)14-22(20)28-26(31)12-18(11-17-7-9-19(32-2)10-8-17)27-29-21-5-3-4-6-25(21)35-27/h3-11,13-14H,12,15H2,1-2H3,(H,28,31)/b18-11-. The summed E-state index contributed by atoms with van der Waals surface area (Å²) in [5.74, 6) is 1.28. The Morgan fingerprint density at radius 2 is 1.83 bits per heavy atom. The van der Waals surface area contributed by atoms with Gasteiger partial charge in [0.25, 0.3) is 0 Å². The number of thiazole rings is 1. The van der Waals surface area contributed by atoms with Crippen molar-refractivity contribution in [2.75, 3.05) is 19.2 Å². The second kappa shape index (κ2) is 9.60. The fourth-order valence-electron chi connectivity index (χ4n) is 3.80. The average molecular weight is 487 g/mol. The van der Waals surface area contributed by atoms with E-state index in [2.05, 4.69) is 5.32 Å². The predicted octanol–water partition coefficient (Wildman–Crippen LogP) is 5.81. The van der Waals surface area contributed by atoms with E-state index in [1.54, 1.807) is 19.2 Å². The Morgan fingerprint density at radius 1 is 1.09 bits per heavy atom. The van der Waals surface area contributed by atoms with Crippen LogP contribution < -0.4 is 19.5 Å². The summed E-state index contributed by atoms with van der Waals surface area (Å²) in [5.41, 5.74) is 3.31. The van der Waals surface area contributed by atoms with E-state index in [9.17, 15) is 9.59 Å². The Balaban J connectivity index is 1.47. The van der Waals surface area contributed by atoms with Crippen molar-refractivity contribution in [2.24, 2.45) is 0 Å². The second-order valence-electron chi connectivity index (χ2n) is 7.96. The summed E-state index contributed by atoms with van der Waals surface area (Å²) >= 11 is 1.53. The molecule has 0 saturated carbocycles. The third-order valence-corrected chi connectivity index (χ3v) is 6.65. The fourth-order valence-corrected chi connectivity index (χ4v) is 4.78. The van der Waals surface area contributed by atoms with Crippen LogP contribution in [-0.4, -0.2) is 30.6 Å². The number of hydrogen-bond acceptors (Lipinski definition) is 7. The molecule has 4 aromatic rings. The minimum atomic E-state index is -0.273. The van der Waals surface area contributed by atoms with Gasteiger partial charge in [-0.25, -0.2) is 4.98 Å². The number of nitrogens with one attached hydrogen (secondary N) is 1. The maximum absolute atomic E-state index is 13.2. The minimum Gasteiger partial charge on any atom is -0.497 e. The zero-order chi connectivity index (χ0) is 24.4. The van der Waals surface area contributed by atoms with Crippen molar-refractivity contribution in [1.82, 2.24) is 4.98 Å². The van der Waals surface area contributed by atoms with E-state index in [1.807, 2.05) is 54.6 Å². The molecule has 1 aliphatic heterocycles. The molecule has 3 aromatic carbocycles. The van der Waals surface area contributed by atoms with Crippen LogP contribution in [0.25, 0.3) is 21.9 Å². The summed E-state index contributed by atoms with van der Waals surface area (Å²) < 4.78 is 17.1. The van der Waals surface area contributed by atoms with E-state index in [-0.39, 0.29) is 24.9 Å². The van der Waals surface area contributed by atoms with Crippen molar-refractivity contribution in [2.45, 2.75) is 13.3 Å². The summed E-state index contributed by atoms with van der Waals surface area (Å²) in [7, 11) is 1.62. The summed E-state index contributed by atoms with van der Waals surface area (Å²) in [6.07, 6.45) is 2.01. The van der Waals surface area contributed by atoms with Gasteiger partial charge in [0.1, 0.15) is 10.8 Å². The number of hydrogen-bond donors (Lipinski definition) is 1. The normalized spacial score (nSPS) is 12.6. The van der Waals surface area contributed by atoms with Crippen LogP contribution in [0.15, 0.2) is 60.7 Å². The first-order valence-corrected chi connectivity index (χ1v) is 11.8. The quantitative estimate of drug-likeness (QED) is 0.332. The zero-order valence-electron chi connectivity index (χ0n) is 19.2. The van der Waals surface area contributed by atoms with E-state index in [0.29, 0.717) is 22.7 Å². The number of fused-ring (bicyclic) bond motifs is 2. The highest BCUT2D eigenvalue weighted by atomic mass is 32.1. The van der Waals surface area contributed by atoms with Gasteiger partial charge in [0.05, 0.1) is 29.4 Å². The number of ketones is 1. The van der Waals surface area contributed by atoms with Crippen molar-refractivity contribution in [1.29, 1.82) is 0 Å². The number of carbonyl (C=O) groups is 2. The number of aromatic nitrogens is 1. The van der Waals surface area contributed by atoms with Crippen molar-refractivity contribution in [3.05, 3.63) is 76.8 Å². The molecule has 0 atom stereocenters. The SMILES string of the molecule is COc1ccc(/C=C(/CC(=O)Nc2cc3c(cc2C(C)=O)OCO3)c2nc3ccccc3s2)cc1. The van der Waals surface area contributed by atoms with Crippen molar-refractivity contribution >= 4 is 50.6 Å². The molecule has 0 bridgehead atoms. The van der Waals surface area contributed by atoms with Crippen molar-refractivity contribution < 1.29 is 23.8 Å². The van der Waals surface area contributed by atoms with Gasteiger partial charge >= 0.3 is 0 Å². The third-order valence-electron chi connectivity index (χ3n) is 5.54. The molecule has 0 spiro atoms. The number of benzene rings is 3. The molecular weight excluding hydrogens is 464 g/mol. The van der Waals surface area contributed by atoms with Gasteiger partial charge in [-0.1, -0.05) is 24.3 Å². The largest absolute Gasteiger partial charge is 0.497 e. The molecule has 1 amide bonds. The smallest absolute Gasteiger partial charge is 0.231 e. The van der Waals surface area contributed by atoms with Crippen molar-refractivity contribution in [3.8, 4) is 17.2 Å². The van der Waals surface area contributed by atoms with Crippen LogP contribution in [-0.2, 0) is 4.79 Å². The van der Waals surface area contributed by atoms with Crippen LogP contribution in [0.2, 0.25) is 0 Å². The Hall–Kier alpha value is -4.17. The first-order chi connectivity index (χ1) is 17.0.